The van der Waals surface area contributed by atoms with E-state index in [2.05, 4.69) is 28.0 Å². The van der Waals surface area contributed by atoms with E-state index in [-0.39, 0.29) is 12.4 Å². The molecule has 0 aliphatic carbocycles. The molecule has 1 aromatic heterocycles. The highest BCUT2D eigenvalue weighted by atomic mass is 35.5. The van der Waals surface area contributed by atoms with Crippen molar-refractivity contribution < 1.29 is 0 Å². The van der Waals surface area contributed by atoms with E-state index in [9.17, 15) is 0 Å². The van der Waals surface area contributed by atoms with Crippen LogP contribution in [0.15, 0.2) is 24.3 Å². The Hall–Kier alpha value is -1.26. The molecule has 2 aromatic rings. The van der Waals surface area contributed by atoms with Crippen LogP contribution in [0.5, 0.6) is 0 Å². The smallest absolute Gasteiger partial charge is 0.218 e. The minimum Gasteiger partial charge on any atom is -0.309 e. The zero-order valence-electron chi connectivity index (χ0n) is 9.31. The highest BCUT2D eigenvalue weighted by Gasteiger charge is 2.07. The zero-order chi connectivity index (χ0) is 10.7. The van der Waals surface area contributed by atoms with E-state index in [1.165, 1.54) is 0 Å². The van der Waals surface area contributed by atoms with Crippen LogP contribution < -0.4 is 11.3 Å². The molecule has 0 saturated heterocycles. The summed E-state index contributed by atoms with van der Waals surface area (Å²) in [5.74, 6) is 6.19. The van der Waals surface area contributed by atoms with Gasteiger partial charge in [-0.15, -0.1) is 12.4 Å². The molecule has 0 unspecified atom stereocenters. The number of nitrogens with one attached hydrogen (secondary N) is 1. The average Bonchev–Trinajstić information content (AvgIpc) is 2.64. The van der Waals surface area contributed by atoms with E-state index >= 15 is 0 Å². The van der Waals surface area contributed by atoms with E-state index in [1.807, 2.05) is 18.2 Å². The summed E-state index contributed by atoms with van der Waals surface area (Å²) in [6.07, 6.45) is 2.30. The fourth-order valence-electron chi connectivity index (χ4n) is 1.73. The van der Waals surface area contributed by atoms with Gasteiger partial charge in [0.15, 0.2) is 0 Å². The Bertz CT molecular complexity index is 452. The number of hydrazine groups is 1. The molecule has 0 aliphatic heterocycles. The maximum Gasteiger partial charge on any atom is 0.218 e. The third kappa shape index (κ3) is 2.28. The summed E-state index contributed by atoms with van der Waals surface area (Å²) in [5.41, 5.74) is 4.77. The molecule has 1 heterocycles. The van der Waals surface area contributed by atoms with Crippen molar-refractivity contribution in [1.29, 1.82) is 0 Å². The molecule has 2 rings (SSSR count). The molecule has 0 fully saturated rings. The molecular weight excluding hydrogens is 224 g/mol. The maximum atomic E-state index is 5.45. The van der Waals surface area contributed by atoms with Gasteiger partial charge in [0.05, 0.1) is 11.0 Å². The van der Waals surface area contributed by atoms with Crippen LogP contribution in [0.25, 0.3) is 11.0 Å². The summed E-state index contributed by atoms with van der Waals surface area (Å²) >= 11 is 0. The standard InChI is InChI=1S/C11H16N4.ClH/c1-2-3-8-15-10-7-5-4-6-9(10)13-11(15)14-12;/h4-7H,2-3,8,12H2,1H3,(H,13,14);1H. The number of hydrogen-bond donors (Lipinski definition) is 2. The molecule has 0 saturated carbocycles. The minimum atomic E-state index is 0. The van der Waals surface area contributed by atoms with Crippen LogP contribution in [0.2, 0.25) is 0 Å². The number of nitrogens with zero attached hydrogens (tertiary/aromatic N) is 2. The number of nitrogen functional groups attached to an aromatic ring is 1. The van der Waals surface area contributed by atoms with Crippen molar-refractivity contribution in [2.45, 2.75) is 26.3 Å². The van der Waals surface area contributed by atoms with Crippen molar-refractivity contribution in [3.05, 3.63) is 24.3 Å². The van der Waals surface area contributed by atoms with E-state index in [1.54, 1.807) is 0 Å². The van der Waals surface area contributed by atoms with Crippen LogP contribution in [0, 0.1) is 0 Å². The Kier molecular flexibility index (Phi) is 4.58. The van der Waals surface area contributed by atoms with Crippen LogP contribution in [-0.4, -0.2) is 9.55 Å². The first kappa shape index (κ1) is 12.8. The van der Waals surface area contributed by atoms with Crippen LogP contribution in [0.3, 0.4) is 0 Å². The van der Waals surface area contributed by atoms with Gasteiger partial charge in [0.1, 0.15) is 0 Å². The normalized spacial score (nSPS) is 10.1. The van der Waals surface area contributed by atoms with Crippen molar-refractivity contribution in [2.75, 3.05) is 5.43 Å². The number of benzene rings is 1. The number of halogens is 1. The molecule has 0 spiro atoms. The Balaban J connectivity index is 0.00000128. The van der Waals surface area contributed by atoms with Crippen molar-refractivity contribution in [2.24, 2.45) is 5.84 Å². The van der Waals surface area contributed by atoms with Crippen LogP contribution in [0.1, 0.15) is 19.8 Å². The van der Waals surface area contributed by atoms with Gasteiger partial charge in [-0.1, -0.05) is 25.5 Å². The molecule has 0 bridgehead atoms. The molecule has 16 heavy (non-hydrogen) atoms. The second kappa shape index (κ2) is 5.72. The number of fused-ring (bicyclic) bond motifs is 1. The second-order valence-electron chi connectivity index (χ2n) is 3.57. The lowest BCUT2D eigenvalue weighted by atomic mass is 10.3. The van der Waals surface area contributed by atoms with Gasteiger partial charge in [-0.3, -0.25) is 5.43 Å². The van der Waals surface area contributed by atoms with Crippen molar-refractivity contribution in [1.82, 2.24) is 9.55 Å². The molecule has 88 valence electrons. The molecule has 0 aliphatic rings. The van der Waals surface area contributed by atoms with E-state index in [0.717, 1.165) is 36.4 Å². The van der Waals surface area contributed by atoms with E-state index in [0.29, 0.717) is 0 Å². The third-order valence-electron chi connectivity index (χ3n) is 2.52. The van der Waals surface area contributed by atoms with Gasteiger partial charge in [0.2, 0.25) is 5.95 Å². The number of nitrogens with two attached hydrogens (primary N) is 1. The first-order chi connectivity index (χ1) is 7.36. The molecular formula is C11H17ClN4. The zero-order valence-corrected chi connectivity index (χ0v) is 10.1. The SMILES string of the molecule is CCCCn1c(NN)nc2ccccc21.Cl. The van der Waals surface area contributed by atoms with Gasteiger partial charge in [0.25, 0.3) is 0 Å². The van der Waals surface area contributed by atoms with E-state index in [4.69, 9.17) is 5.84 Å². The largest absolute Gasteiger partial charge is 0.309 e. The van der Waals surface area contributed by atoms with Gasteiger partial charge in [-0.25, -0.2) is 10.8 Å². The van der Waals surface area contributed by atoms with Crippen molar-refractivity contribution in [3.8, 4) is 0 Å². The summed E-state index contributed by atoms with van der Waals surface area (Å²) < 4.78 is 2.12. The number of anilines is 1. The van der Waals surface area contributed by atoms with Gasteiger partial charge in [0, 0.05) is 6.54 Å². The van der Waals surface area contributed by atoms with Crippen LogP contribution >= 0.6 is 12.4 Å². The quantitative estimate of drug-likeness (QED) is 0.638. The number of unbranched alkanes of at least 4 members (excludes halogenated alkanes) is 1. The second-order valence-corrected chi connectivity index (χ2v) is 3.57. The van der Waals surface area contributed by atoms with Crippen LogP contribution in [0.4, 0.5) is 5.95 Å². The predicted molar refractivity (Wildman–Crippen MR) is 69.7 cm³/mol. The number of hydrogen-bond acceptors (Lipinski definition) is 3. The highest BCUT2D eigenvalue weighted by Crippen LogP contribution is 2.19. The number of para-hydroxylation sites is 2. The summed E-state index contributed by atoms with van der Waals surface area (Å²) in [4.78, 5) is 4.41. The Morgan fingerprint density at radius 3 is 2.81 bits per heavy atom. The summed E-state index contributed by atoms with van der Waals surface area (Å²) in [7, 11) is 0. The number of imidazole rings is 1. The van der Waals surface area contributed by atoms with E-state index < -0.39 is 0 Å². The van der Waals surface area contributed by atoms with Crippen LogP contribution in [-0.2, 0) is 6.54 Å². The number of aromatic nitrogens is 2. The monoisotopic (exact) mass is 240 g/mol. The lowest BCUT2D eigenvalue weighted by molar-refractivity contribution is 0.650. The molecule has 0 radical (unpaired) electrons. The van der Waals surface area contributed by atoms with Gasteiger partial charge < -0.3 is 4.57 Å². The summed E-state index contributed by atoms with van der Waals surface area (Å²) in [6, 6.07) is 8.07. The summed E-state index contributed by atoms with van der Waals surface area (Å²) in [5, 5.41) is 0. The van der Waals surface area contributed by atoms with Gasteiger partial charge >= 0.3 is 0 Å². The molecule has 0 atom stereocenters. The lowest BCUT2D eigenvalue weighted by Crippen LogP contribution is -2.13. The lowest BCUT2D eigenvalue weighted by Gasteiger charge is -2.06. The average molecular weight is 241 g/mol. The Morgan fingerprint density at radius 2 is 2.12 bits per heavy atom. The fraction of sp³-hybridized carbons (Fsp3) is 0.364. The Labute approximate surface area is 101 Å². The first-order valence-corrected chi connectivity index (χ1v) is 5.28. The first-order valence-electron chi connectivity index (χ1n) is 5.28. The fourth-order valence-corrected chi connectivity index (χ4v) is 1.73. The molecule has 3 N–H and O–H groups in total. The van der Waals surface area contributed by atoms with Gasteiger partial charge in [-0.05, 0) is 18.6 Å². The number of rotatable bonds is 4. The van der Waals surface area contributed by atoms with Crippen molar-refractivity contribution >= 4 is 29.4 Å². The minimum absolute atomic E-state index is 0. The predicted octanol–water partition coefficient (Wildman–Crippen LogP) is 2.54. The molecule has 1 aromatic carbocycles. The summed E-state index contributed by atoms with van der Waals surface area (Å²) in [6.45, 7) is 3.13. The maximum absolute atomic E-state index is 5.45. The topological polar surface area (TPSA) is 55.9 Å². The molecule has 5 heteroatoms. The molecule has 0 amide bonds. The Morgan fingerprint density at radius 1 is 1.38 bits per heavy atom. The highest BCUT2D eigenvalue weighted by molar-refractivity contribution is 5.85. The van der Waals surface area contributed by atoms with Crippen molar-refractivity contribution in [3.63, 3.8) is 0 Å². The third-order valence-corrected chi connectivity index (χ3v) is 2.52. The number of aryl methyl sites for hydroxylation is 1. The molecule has 4 nitrogen and oxygen atoms in total. The van der Waals surface area contributed by atoms with Gasteiger partial charge in [-0.2, -0.15) is 0 Å².